The molecule has 3 heterocycles. The Morgan fingerprint density at radius 1 is 1.26 bits per heavy atom. The molecular formula is C29H24ClFN8O4. The Kier molecular flexibility index (Phi) is 8.49. The molecule has 0 saturated heterocycles. The lowest BCUT2D eigenvalue weighted by molar-refractivity contribution is -0.116. The van der Waals surface area contributed by atoms with Crippen molar-refractivity contribution in [2.24, 2.45) is 0 Å². The average molecular weight is 603 g/mol. The van der Waals surface area contributed by atoms with Gasteiger partial charge in [-0.15, -0.1) is 0 Å². The fourth-order valence-corrected chi connectivity index (χ4v) is 4.61. The maximum atomic E-state index is 14.5. The van der Waals surface area contributed by atoms with Gasteiger partial charge in [0.2, 0.25) is 5.91 Å². The van der Waals surface area contributed by atoms with E-state index >= 15 is 0 Å². The predicted octanol–water partition coefficient (Wildman–Crippen LogP) is 5.25. The van der Waals surface area contributed by atoms with Crippen LogP contribution in [0.3, 0.4) is 0 Å². The summed E-state index contributed by atoms with van der Waals surface area (Å²) in [6.07, 6.45) is 6.48. The van der Waals surface area contributed by atoms with Gasteiger partial charge in [0.1, 0.15) is 17.6 Å². The number of amides is 3. The Labute approximate surface area is 249 Å². The van der Waals surface area contributed by atoms with Crippen molar-refractivity contribution in [1.29, 1.82) is 5.26 Å². The van der Waals surface area contributed by atoms with E-state index in [0.29, 0.717) is 34.9 Å². The van der Waals surface area contributed by atoms with Gasteiger partial charge >= 0.3 is 6.09 Å². The van der Waals surface area contributed by atoms with Crippen LogP contribution in [0.1, 0.15) is 47.2 Å². The highest BCUT2D eigenvalue weighted by Gasteiger charge is 2.24. The number of nitrogens with one attached hydrogen (secondary N) is 4. The minimum absolute atomic E-state index is 0.0312. The highest BCUT2D eigenvalue weighted by molar-refractivity contribution is 6.30. The van der Waals surface area contributed by atoms with Crippen LogP contribution in [0.25, 0.3) is 16.9 Å². The fourth-order valence-electron chi connectivity index (χ4n) is 4.44. The monoisotopic (exact) mass is 602 g/mol. The maximum Gasteiger partial charge on any atom is 0.411 e. The number of carbonyl (C=O) groups excluding carboxylic acids is 3. The molecule has 43 heavy (non-hydrogen) atoms. The Balaban J connectivity index is 1.49. The molecule has 2 aromatic heterocycles. The summed E-state index contributed by atoms with van der Waals surface area (Å²) < 4.78 is 20.4. The van der Waals surface area contributed by atoms with Gasteiger partial charge in [-0.05, 0) is 43.2 Å². The second kappa shape index (κ2) is 12.6. The minimum Gasteiger partial charge on any atom is -0.453 e. The lowest BCUT2D eigenvalue weighted by atomic mass is 10.1. The number of benzene rings is 2. The van der Waals surface area contributed by atoms with Crippen LogP contribution in [0.2, 0.25) is 5.02 Å². The predicted molar refractivity (Wildman–Crippen MR) is 155 cm³/mol. The summed E-state index contributed by atoms with van der Waals surface area (Å²) in [5.74, 6) is -1.17. The Morgan fingerprint density at radius 3 is 2.88 bits per heavy atom. The smallest absolute Gasteiger partial charge is 0.411 e. The average Bonchev–Trinajstić information content (AvgIpc) is 3.66. The number of H-pyrrole nitrogens is 1. The van der Waals surface area contributed by atoms with Gasteiger partial charge in [0.05, 0.1) is 41.3 Å². The number of nitrogens with zero attached hydrogens (tertiary/aromatic N) is 4. The van der Waals surface area contributed by atoms with E-state index in [4.69, 9.17) is 11.6 Å². The molecule has 0 aliphatic carbocycles. The molecule has 218 valence electrons. The molecule has 0 radical (unpaired) electrons. The number of anilines is 2. The molecule has 12 nitrogen and oxygen atoms in total. The van der Waals surface area contributed by atoms with Crippen molar-refractivity contribution in [3.63, 3.8) is 0 Å². The first-order chi connectivity index (χ1) is 20.8. The Morgan fingerprint density at radius 2 is 2.09 bits per heavy atom. The van der Waals surface area contributed by atoms with Crippen molar-refractivity contribution in [2.75, 3.05) is 17.7 Å². The number of ether oxygens (including phenoxy) is 1. The molecule has 0 fully saturated rings. The van der Waals surface area contributed by atoms with Gasteiger partial charge in [0.25, 0.3) is 5.91 Å². The molecule has 14 heteroatoms. The Hall–Kier alpha value is -5.48. The Bertz CT molecular complexity index is 1790. The summed E-state index contributed by atoms with van der Waals surface area (Å²) in [4.78, 5) is 45.3. The summed E-state index contributed by atoms with van der Waals surface area (Å²) >= 11 is 5.89. The first-order valence-electron chi connectivity index (χ1n) is 13.0. The molecule has 1 aliphatic rings. The molecular weight excluding hydrogens is 579 g/mol. The van der Waals surface area contributed by atoms with E-state index in [9.17, 15) is 24.0 Å². The van der Waals surface area contributed by atoms with Crippen LogP contribution >= 0.6 is 11.6 Å². The van der Waals surface area contributed by atoms with E-state index in [2.05, 4.69) is 41.8 Å². The number of methoxy groups -OCH3 is 1. The van der Waals surface area contributed by atoms with E-state index in [1.807, 2.05) is 6.08 Å². The number of halogens is 2. The van der Waals surface area contributed by atoms with Crippen LogP contribution in [0.5, 0.6) is 0 Å². The third-order valence-corrected chi connectivity index (χ3v) is 6.85. The van der Waals surface area contributed by atoms with Crippen molar-refractivity contribution in [3.05, 3.63) is 88.9 Å². The van der Waals surface area contributed by atoms with E-state index in [1.165, 1.54) is 36.3 Å². The third kappa shape index (κ3) is 6.39. The first-order valence-corrected chi connectivity index (χ1v) is 13.4. The number of hydrogen-bond donors (Lipinski definition) is 4. The van der Waals surface area contributed by atoms with Gasteiger partial charge in [0, 0.05) is 23.9 Å². The highest BCUT2D eigenvalue weighted by Crippen LogP contribution is 2.34. The van der Waals surface area contributed by atoms with Crippen LogP contribution in [0, 0.1) is 17.1 Å². The fraction of sp³-hybridized carbons (Fsp3) is 0.172. The number of aromatic nitrogens is 4. The van der Waals surface area contributed by atoms with Crippen LogP contribution in [0.4, 0.5) is 20.6 Å². The van der Waals surface area contributed by atoms with Crippen molar-refractivity contribution in [3.8, 4) is 23.0 Å². The van der Waals surface area contributed by atoms with Crippen molar-refractivity contribution >= 4 is 40.9 Å². The first kappa shape index (κ1) is 29.0. The molecule has 1 atom stereocenters. The SMILES string of the molecule is COC(=O)Nc1ccc2c(c1)NC(=O)CCC=CC[C@H](NC(=O)c1cnn(-c3cccc(Cl)c3F)c1)c1nc(C#N)c-2[nH]1. The molecule has 1 aliphatic heterocycles. The van der Waals surface area contributed by atoms with E-state index < -0.39 is 23.9 Å². The molecule has 0 saturated carbocycles. The quantitative estimate of drug-likeness (QED) is 0.231. The van der Waals surface area contributed by atoms with Gasteiger partial charge in [0.15, 0.2) is 11.5 Å². The number of carbonyl (C=O) groups is 3. The largest absolute Gasteiger partial charge is 0.453 e. The summed E-state index contributed by atoms with van der Waals surface area (Å²) in [7, 11) is 1.23. The van der Waals surface area contributed by atoms with E-state index in [0.717, 1.165) is 0 Å². The van der Waals surface area contributed by atoms with Crippen molar-refractivity contribution in [2.45, 2.75) is 25.3 Å². The number of fused-ring (bicyclic) bond motifs is 4. The second-order valence-corrected chi connectivity index (χ2v) is 9.81. The number of rotatable bonds is 4. The topological polar surface area (TPSA) is 167 Å². The third-order valence-electron chi connectivity index (χ3n) is 6.56. The number of allylic oxidation sites excluding steroid dienone is 1. The molecule has 5 rings (SSSR count). The van der Waals surface area contributed by atoms with Gasteiger partial charge < -0.3 is 20.4 Å². The highest BCUT2D eigenvalue weighted by atomic mass is 35.5. The molecule has 4 aromatic rings. The standard InChI is InChI=1S/C29H24ClFN8O4/c1-43-29(42)34-17-10-11-18-21(12-17)35-24(40)9-4-2-3-7-20(27-36-22(13-32)26(18)38-27)37-28(41)16-14-33-39(15-16)23-8-5-6-19(30)25(23)31/h2-3,5-6,8,10-12,14-15,20H,4,7,9H2,1H3,(H,34,42)(H,35,40)(H,36,38)(H,37,41)/t20-/m0/s1. The minimum atomic E-state index is -0.705. The van der Waals surface area contributed by atoms with Gasteiger partial charge in [-0.25, -0.2) is 18.9 Å². The number of hydrogen-bond acceptors (Lipinski definition) is 7. The van der Waals surface area contributed by atoms with Crippen LogP contribution in [0.15, 0.2) is 60.9 Å². The summed E-state index contributed by atoms with van der Waals surface area (Å²) in [5, 5.41) is 22.2. The molecule has 2 aromatic carbocycles. The molecule has 0 spiro atoms. The molecule has 0 unspecified atom stereocenters. The van der Waals surface area contributed by atoms with Crippen LogP contribution in [-0.4, -0.2) is 44.8 Å². The zero-order chi connectivity index (χ0) is 30.5. The molecule has 3 amide bonds. The van der Waals surface area contributed by atoms with Gasteiger partial charge in [-0.1, -0.05) is 29.8 Å². The maximum absolute atomic E-state index is 14.5. The van der Waals surface area contributed by atoms with E-state index in [-0.39, 0.29) is 40.7 Å². The zero-order valence-corrected chi connectivity index (χ0v) is 23.4. The number of nitriles is 1. The summed E-state index contributed by atoms with van der Waals surface area (Å²) in [6.45, 7) is 0. The van der Waals surface area contributed by atoms with Gasteiger partial charge in [-0.2, -0.15) is 10.4 Å². The lowest BCUT2D eigenvalue weighted by Crippen LogP contribution is -2.29. The normalized spacial score (nSPS) is 14.7. The number of imidazole rings is 1. The lowest BCUT2D eigenvalue weighted by Gasteiger charge is -2.15. The van der Waals surface area contributed by atoms with Gasteiger partial charge in [-0.3, -0.25) is 14.9 Å². The van der Waals surface area contributed by atoms with Crippen molar-refractivity contribution in [1.82, 2.24) is 25.1 Å². The zero-order valence-electron chi connectivity index (χ0n) is 22.6. The number of aromatic amines is 1. The molecule has 4 N–H and O–H groups in total. The molecule has 2 bridgehead atoms. The second-order valence-electron chi connectivity index (χ2n) is 9.40. The van der Waals surface area contributed by atoms with Crippen molar-refractivity contribution < 1.29 is 23.5 Å². The summed E-state index contributed by atoms with van der Waals surface area (Å²) in [5.41, 5.74) is 1.71. The van der Waals surface area contributed by atoms with E-state index in [1.54, 1.807) is 30.3 Å². The van der Waals surface area contributed by atoms with Crippen LogP contribution in [-0.2, 0) is 9.53 Å². The van der Waals surface area contributed by atoms with Crippen LogP contribution < -0.4 is 16.0 Å². The summed E-state index contributed by atoms with van der Waals surface area (Å²) in [6, 6.07) is 10.6.